The first kappa shape index (κ1) is 11.0. The lowest BCUT2D eigenvalue weighted by Crippen LogP contribution is -2.43. The SMILES string of the molecule is CCNC(C)C(O)C1CCOCC1. The first-order valence-electron chi connectivity index (χ1n) is 5.25. The summed E-state index contributed by atoms with van der Waals surface area (Å²) in [6, 6.07) is 0.202. The number of likely N-dealkylation sites (N-methyl/N-ethyl adjacent to an activating group) is 1. The zero-order valence-electron chi connectivity index (χ0n) is 8.62. The van der Waals surface area contributed by atoms with E-state index in [1.165, 1.54) is 0 Å². The highest BCUT2D eigenvalue weighted by atomic mass is 16.5. The molecule has 78 valence electrons. The van der Waals surface area contributed by atoms with E-state index in [0.29, 0.717) is 5.92 Å². The molecule has 0 amide bonds. The number of aliphatic hydroxyl groups is 1. The summed E-state index contributed by atoms with van der Waals surface area (Å²) >= 11 is 0. The van der Waals surface area contributed by atoms with Gasteiger partial charge in [0.2, 0.25) is 0 Å². The van der Waals surface area contributed by atoms with Crippen molar-refractivity contribution in [3.63, 3.8) is 0 Å². The van der Waals surface area contributed by atoms with Gasteiger partial charge in [0.25, 0.3) is 0 Å². The average Bonchev–Trinajstić information content (AvgIpc) is 2.18. The topological polar surface area (TPSA) is 41.5 Å². The van der Waals surface area contributed by atoms with Gasteiger partial charge in [0.05, 0.1) is 6.10 Å². The van der Waals surface area contributed by atoms with Crippen LogP contribution in [0.1, 0.15) is 26.7 Å². The first-order chi connectivity index (χ1) is 6.25. The third-order valence-corrected chi connectivity index (χ3v) is 2.79. The molecule has 3 nitrogen and oxygen atoms in total. The maximum absolute atomic E-state index is 9.96. The molecule has 0 bridgehead atoms. The second kappa shape index (κ2) is 5.58. The van der Waals surface area contributed by atoms with Crippen LogP contribution in [-0.2, 0) is 4.74 Å². The van der Waals surface area contributed by atoms with E-state index >= 15 is 0 Å². The predicted octanol–water partition coefficient (Wildman–Crippen LogP) is 0.772. The zero-order valence-corrected chi connectivity index (χ0v) is 8.62. The van der Waals surface area contributed by atoms with E-state index in [1.54, 1.807) is 0 Å². The van der Waals surface area contributed by atoms with Crippen LogP contribution in [0.2, 0.25) is 0 Å². The normalized spacial score (nSPS) is 24.2. The van der Waals surface area contributed by atoms with Crippen molar-refractivity contribution in [1.82, 2.24) is 5.32 Å². The Kier molecular flexibility index (Phi) is 4.70. The van der Waals surface area contributed by atoms with Crippen molar-refractivity contribution in [3.8, 4) is 0 Å². The fourth-order valence-electron chi connectivity index (χ4n) is 1.91. The Morgan fingerprint density at radius 3 is 2.62 bits per heavy atom. The molecule has 0 aromatic carbocycles. The van der Waals surface area contributed by atoms with Gasteiger partial charge in [-0.15, -0.1) is 0 Å². The van der Waals surface area contributed by atoms with Crippen LogP contribution in [0.25, 0.3) is 0 Å². The molecule has 2 unspecified atom stereocenters. The number of rotatable bonds is 4. The fourth-order valence-corrected chi connectivity index (χ4v) is 1.91. The summed E-state index contributed by atoms with van der Waals surface area (Å²) in [6.07, 6.45) is 1.78. The van der Waals surface area contributed by atoms with Crippen LogP contribution < -0.4 is 5.32 Å². The summed E-state index contributed by atoms with van der Waals surface area (Å²) in [4.78, 5) is 0. The summed E-state index contributed by atoms with van der Waals surface area (Å²) in [7, 11) is 0. The van der Waals surface area contributed by atoms with E-state index < -0.39 is 0 Å². The lowest BCUT2D eigenvalue weighted by atomic mass is 9.90. The van der Waals surface area contributed by atoms with Gasteiger partial charge in [0, 0.05) is 19.3 Å². The van der Waals surface area contributed by atoms with Crippen LogP contribution in [0.4, 0.5) is 0 Å². The number of hydrogen-bond acceptors (Lipinski definition) is 3. The van der Waals surface area contributed by atoms with Crippen molar-refractivity contribution in [2.75, 3.05) is 19.8 Å². The molecule has 0 aliphatic carbocycles. The minimum Gasteiger partial charge on any atom is -0.391 e. The maximum atomic E-state index is 9.96. The lowest BCUT2D eigenvalue weighted by molar-refractivity contribution is -0.00451. The van der Waals surface area contributed by atoms with Gasteiger partial charge in [-0.1, -0.05) is 6.92 Å². The summed E-state index contributed by atoms with van der Waals surface area (Å²) in [6.45, 7) is 6.64. The third kappa shape index (κ3) is 3.25. The Labute approximate surface area is 80.5 Å². The van der Waals surface area contributed by atoms with Gasteiger partial charge in [-0.05, 0) is 32.2 Å². The monoisotopic (exact) mass is 187 g/mol. The van der Waals surface area contributed by atoms with Gasteiger partial charge in [0.1, 0.15) is 0 Å². The summed E-state index contributed by atoms with van der Waals surface area (Å²) < 4.78 is 5.26. The molecule has 1 aliphatic rings. The van der Waals surface area contributed by atoms with E-state index in [0.717, 1.165) is 32.6 Å². The Morgan fingerprint density at radius 2 is 2.08 bits per heavy atom. The lowest BCUT2D eigenvalue weighted by Gasteiger charge is -2.30. The Hall–Kier alpha value is -0.120. The largest absolute Gasteiger partial charge is 0.391 e. The molecule has 3 heteroatoms. The second-order valence-corrected chi connectivity index (χ2v) is 3.79. The molecular formula is C10H21NO2. The summed E-state index contributed by atoms with van der Waals surface area (Å²) in [5.41, 5.74) is 0. The van der Waals surface area contributed by atoms with E-state index in [2.05, 4.69) is 12.2 Å². The van der Waals surface area contributed by atoms with Gasteiger partial charge in [0.15, 0.2) is 0 Å². The number of hydrogen-bond donors (Lipinski definition) is 2. The summed E-state index contributed by atoms with van der Waals surface area (Å²) in [5, 5.41) is 13.2. The highest BCUT2D eigenvalue weighted by molar-refractivity contribution is 4.79. The van der Waals surface area contributed by atoms with Gasteiger partial charge in [-0.3, -0.25) is 0 Å². The number of ether oxygens (including phenoxy) is 1. The standard InChI is InChI=1S/C10H21NO2/c1-3-11-8(2)10(12)9-4-6-13-7-5-9/h8-12H,3-7H2,1-2H3. The van der Waals surface area contributed by atoms with Crippen molar-refractivity contribution >= 4 is 0 Å². The molecule has 1 heterocycles. The molecule has 0 saturated carbocycles. The third-order valence-electron chi connectivity index (χ3n) is 2.79. The molecule has 0 radical (unpaired) electrons. The van der Waals surface area contributed by atoms with Crippen molar-refractivity contribution in [1.29, 1.82) is 0 Å². The highest BCUT2D eigenvalue weighted by Gasteiger charge is 2.25. The van der Waals surface area contributed by atoms with Gasteiger partial charge in [-0.2, -0.15) is 0 Å². The smallest absolute Gasteiger partial charge is 0.0720 e. The van der Waals surface area contributed by atoms with Crippen molar-refractivity contribution in [3.05, 3.63) is 0 Å². The van der Waals surface area contributed by atoms with Crippen LogP contribution >= 0.6 is 0 Å². The molecule has 1 rings (SSSR count). The van der Waals surface area contributed by atoms with Crippen LogP contribution in [-0.4, -0.2) is 37.0 Å². The molecule has 2 N–H and O–H groups in total. The van der Waals surface area contributed by atoms with E-state index in [4.69, 9.17) is 4.74 Å². The first-order valence-corrected chi connectivity index (χ1v) is 5.25. The Balaban J connectivity index is 2.31. The van der Waals surface area contributed by atoms with Gasteiger partial charge in [-0.25, -0.2) is 0 Å². The predicted molar refractivity (Wildman–Crippen MR) is 52.7 cm³/mol. The maximum Gasteiger partial charge on any atom is 0.0720 e. The van der Waals surface area contributed by atoms with Crippen LogP contribution in [0, 0.1) is 5.92 Å². The van der Waals surface area contributed by atoms with E-state index in [9.17, 15) is 5.11 Å². The van der Waals surface area contributed by atoms with Gasteiger partial charge < -0.3 is 15.2 Å². The van der Waals surface area contributed by atoms with Crippen LogP contribution in [0.15, 0.2) is 0 Å². The Bertz CT molecular complexity index is 135. The molecule has 0 aromatic rings. The molecular weight excluding hydrogens is 166 g/mol. The number of nitrogens with one attached hydrogen (secondary N) is 1. The van der Waals surface area contributed by atoms with Crippen LogP contribution in [0.5, 0.6) is 0 Å². The quantitative estimate of drug-likeness (QED) is 0.683. The van der Waals surface area contributed by atoms with Gasteiger partial charge >= 0.3 is 0 Å². The molecule has 1 fully saturated rings. The van der Waals surface area contributed by atoms with Crippen molar-refractivity contribution in [2.24, 2.45) is 5.92 Å². The van der Waals surface area contributed by atoms with E-state index in [-0.39, 0.29) is 12.1 Å². The van der Waals surface area contributed by atoms with E-state index in [1.807, 2.05) is 6.92 Å². The Morgan fingerprint density at radius 1 is 1.46 bits per heavy atom. The molecule has 0 spiro atoms. The second-order valence-electron chi connectivity index (χ2n) is 3.79. The van der Waals surface area contributed by atoms with Crippen LogP contribution in [0.3, 0.4) is 0 Å². The molecule has 1 saturated heterocycles. The molecule has 13 heavy (non-hydrogen) atoms. The average molecular weight is 187 g/mol. The molecule has 2 atom stereocenters. The number of aliphatic hydroxyl groups excluding tert-OH is 1. The summed E-state index contributed by atoms with van der Waals surface area (Å²) in [5.74, 6) is 0.419. The zero-order chi connectivity index (χ0) is 9.68. The highest BCUT2D eigenvalue weighted by Crippen LogP contribution is 2.20. The minimum atomic E-state index is -0.219. The fraction of sp³-hybridized carbons (Fsp3) is 1.00. The van der Waals surface area contributed by atoms with Crippen molar-refractivity contribution in [2.45, 2.75) is 38.8 Å². The van der Waals surface area contributed by atoms with Crippen molar-refractivity contribution < 1.29 is 9.84 Å². The molecule has 0 aromatic heterocycles. The minimum absolute atomic E-state index is 0.202. The molecule has 1 aliphatic heterocycles.